The van der Waals surface area contributed by atoms with Crippen molar-refractivity contribution in [3.05, 3.63) is 12.2 Å². The summed E-state index contributed by atoms with van der Waals surface area (Å²) in [7, 11) is 3.20. The van der Waals surface area contributed by atoms with Gasteiger partial charge in [-0.05, 0) is 0 Å². The van der Waals surface area contributed by atoms with E-state index >= 15 is 0 Å². The van der Waals surface area contributed by atoms with Crippen molar-refractivity contribution < 1.29 is 47.5 Å². The Bertz CT molecular complexity index is 364. The Hall–Kier alpha value is -1.56. The number of ether oxygens (including phenoxy) is 8. The molecule has 10 nitrogen and oxygen atoms in total. The van der Waals surface area contributed by atoms with Crippen LogP contribution in [0.1, 0.15) is 0 Å². The molecule has 0 rings (SSSR count). The summed E-state index contributed by atoms with van der Waals surface area (Å²) in [5, 5.41) is 0. The van der Waals surface area contributed by atoms with Crippen LogP contribution in [-0.4, -0.2) is 105 Å². The predicted molar refractivity (Wildman–Crippen MR) is 98.1 cm³/mol. The Balaban J connectivity index is 3.43. The summed E-state index contributed by atoms with van der Waals surface area (Å²) >= 11 is 0. The third-order valence-electron chi connectivity index (χ3n) is 2.91. The smallest absolute Gasteiger partial charge is 0.331 e. The van der Waals surface area contributed by atoms with E-state index in [1.807, 2.05) is 0 Å². The second-order valence-electron chi connectivity index (χ2n) is 5.10. The zero-order valence-corrected chi connectivity index (χ0v) is 16.7. The zero-order valence-electron chi connectivity index (χ0n) is 16.7. The molecule has 0 heterocycles. The maximum Gasteiger partial charge on any atom is 0.331 e. The van der Waals surface area contributed by atoms with E-state index in [4.69, 9.17) is 37.9 Å². The Morgan fingerprint density at radius 3 is 1.11 bits per heavy atom. The van der Waals surface area contributed by atoms with Crippen LogP contribution in [-0.2, 0) is 47.5 Å². The van der Waals surface area contributed by atoms with Crippen LogP contribution in [0.4, 0.5) is 0 Å². The molecule has 0 aromatic rings. The molecule has 0 aliphatic heterocycles. The molecule has 0 bridgehead atoms. The summed E-state index contributed by atoms with van der Waals surface area (Å²) in [6.07, 6.45) is 2.00. The molecule has 0 aliphatic rings. The third kappa shape index (κ3) is 20.7. The fourth-order valence-electron chi connectivity index (χ4n) is 1.56. The molecule has 28 heavy (non-hydrogen) atoms. The van der Waals surface area contributed by atoms with Crippen molar-refractivity contribution in [1.82, 2.24) is 0 Å². The number of methoxy groups -OCH3 is 2. The molecule has 0 amide bonds. The molecule has 164 valence electrons. The molecule has 0 aliphatic carbocycles. The molecule has 0 aromatic carbocycles. The van der Waals surface area contributed by atoms with Crippen LogP contribution in [0.15, 0.2) is 12.2 Å². The van der Waals surface area contributed by atoms with E-state index < -0.39 is 11.9 Å². The number of hydrogen-bond donors (Lipinski definition) is 0. The van der Waals surface area contributed by atoms with Gasteiger partial charge in [0.2, 0.25) is 0 Å². The molecule has 10 heteroatoms. The Labute approximate surface area is 165 Å². The lowest BCUT2D eigenvalue weighted by Gasteiger charge is -2.06. The van der Waals surface area contributed by atoms with E-state index in [1.54, 1.807) is 14.2 Å². The standard InChI is InChI=1S/C18H32O10/c1-21-5-7-23-9-11-25-13-15-27-17(19)3-4-18(20)28-16-14-26-12-10-24-8-6-22-2/h3-4H,5-16H2,1-2H3/b4-3-. The van der Waals surface area contributed by atoms with Crippen molar-refractivity contribution in [2.75, 3.05) is 93.5 Å². The summed E-state index contributed by atoms with van der Waals surface area (Å²) in [5.74, 6) is -1.30. The lowest BCUT2D eigenvalue weighted by molar-refractivity contribution is -0.142. The maximum atomic E-state index is 11.4. The first kappa shape index (κ1) is 26.4. The molecule has 0 spiro atoms. The van der Waals surface area contributed by atoms with E-state index in [9.17, 15) is 9.59 Å². The normalized spacial score (nSPS) is 11.1. The minimum Gasteiger partial charge on any atom is -0.460 e. The van der Waals surface area contributed by atoms with Gasteiger partial charge in [0.25, 0.3) is 0 Å². The minimum atomic E-state index is -0.652. The second-order valence-corrected chi connectivity index (χ2v) is 5.10. The number of esters is 2. The van der Waals surface area contributed by atoms with Gasteiger partial charge in [0.1, 0.15) is 13.2 Å². The van der Waals surface area contributed by atoms with Gasteiger partial charge in [0.15, 0.2) is 0 Å². The number of rotatable bonds is 20. The number of carbonyl (C=O) groups excluding carboxylic acids is 2. The van der Waals surface area contributed by atoms with Crippen LogP contribution in [0.2, 0.25) is 0 Å². The predicted octanol–water partition coefficient (Wildman–Crippen LogP) is -0.0118. The fraction of sp³-hybridized carbons (Fsp3) is 0.778. The van der Waals surface area contributed by atoms with Crippen molar-refractivity contribution in [2.45, 2.75) is 0 Å². The molecular formula is C18H32O10. The van der Waals surface area contributed by atoms with Gasteiger partial charge in [-0.15, -0.1) is 0 Å². The van der Waals surface area contributed by atoms with Crippen LogP contribution in [0.5, 0.6) is 0 Å². The van der Waals surface area contributed by atoms with E-state index in [0.717, 1.165) is 12.2 Å². The third-order valence-corrected chi connectivity index (χ3v) is 2.91. The second kappa shape index (κ2) is 21.7. The van der Waals surface area contributed by atoms with Gasteiger partial charge in [0, 0.05) is 26.4 Å². The van der Waals surface area contributed by atoms with E-state index in [-0.39, 0.29) is 26.4 Å². The first-order chi connectivity index (χ1) is 13.7. The first-order valence-corrected chi connectivity index (χ1v) is 9.01. The summed E-state index contributed by atoms with van der Waals surface area (Å²) in [6, 6.07) is 0. The van der Waals surface area contributed by atoms with E-state index in [2.05, 4.69) is 0 Å². The quantitative estimate of drug-likeness (QED) is 0.155. The van der Waals surface area contributed by atoms with Crippen LogP contribution in [0.3, 0.4) is 0 Å². The Morgan fingerprint density at radius 2 is 0.786 bits per heavy atom. The van der Waals surface area contributed by atoms with Crippen LogP contribution in [0, 0.1) is 0 Å². The lowest BCUT2D eigenvalue weighted by Crippen LogP contribution is -2.14. The topological polar surface area (TPSA) is 108 Å². The summed E-state index contributed by atoms with van der Waals surface area (Å²) in [5.41, 5.74) is 0. The monoisotopic (exact) mass is 408 g/mol. The van der Waals surface area contributed by atoms with Crippen molar-refractivity contribution in [3.63, 3.8) is 0 Å². The first-order valence-electron chi connectivity index (χ1n) is 9.01. The van der Waals surface area contributed by atoms with Gasteiger partial charge < -0.3 is 37.9 Å². The fourth-order valence-corrected chi connectivity index (χ4v) is 1.56. The Kier molecular flexibility index (Phi) is 20.5. The average molecular weight is 408 g/mol. The van der Waals surface area contributed by atoms with Crippen molar-refractivity contribution in [2.24, 2.45) is 0 Å². The molecule has 0 unspecified atom stereocenters. The SMILES string of the molecule is COCCOCCOCCOC(=O)/C=C\C(=O)OCCOCCOCCOC. The zero-order chi connectivity index (χ0) is 20.7. The van der Waals surface area contributed by atoms with Crippen LogP contribution < -0.4 is 0 Å². The highest BCUT2D eigenvalue weighted by Gasteiger charge is 2.01. The van der Waals surface area contributed by atoms with Crippen molar-refractivity contribution in [1.29, 1.82) is 0 Å². The van der Waals surface area contributed by atoms with Crippen molar-refractivity contribution in [3.8, 4) is 0 Å². The Morgan fingerprint density at radius 1 is 0.500 bits per heavy atom. The lowest BCUT2D eigenvalue weighted by atomic mass is 10.5. The molecule has 0 N–H and O–H groups in total. The van der Waals surface area contributed by atoms with Crippen molar-refractivity contribution >= 4 is 11.9 Å². The van der Waals surface area contributed by atoms with E-state index in [1.165, 1.54) is 0 Å². The molecule has 0 saturated carbocycles. The highest BCUT2D eigenvalue weighted by molar-refractivity contribution is 5.91. The minimum absolute atomic E-state index is 0.0799. The van der Waals surface area contributed by atoms with E-state index in [0.29, 0.717) is 52.9 Å². The number of hydrogen-bond acceptors (Lipinski definition) is 10. The summed E-state index contributed by atoms with van der Waals surface area (Å²) < 4.78 is 40.2. The maximum absolute atomic E-state index is 11.4. The van der Waals surface area contributed by atoms with Gasteiger partial charge in [-0.2, -0.15) is 0 Å². The van der Waals surface area contributed by atoms with Gasteiger partial charge >= 0.3 is 11.9 Å². The highest BCUT2D eigenvalue weighted by atomic mass is 16.6. The molecule has 0 fully saturated rings. The average Bonchev–Trinajstić information content (AvgIpc) is 2.69. The molecular weight excluding hydrogens is 376 g/mol. The van der Waals surface area contributed by atoms with Gasteiger partial charge in [-0.3, -0.25) is 0 Å². The largest absolute Gasteiger partial charge is 0.460 e. The summed E-state index contributed by atoms with van der Waals surface area (Å²) in [6.45, 7) is 4.38. The van der Waals surface area contributed by atoms with Gasteiger partial charge in [-0.1, -0.05) is 0 Å². The molecule has 0 aromatic heterocycles. The van der Waals surface area contributed by atoms with Gasteiger partial charge in [0.05, 0.1) is 66.1 Å². The summed E-state index contributed by atoms with van der Waals surface area (Å²) in [4.78, 5) is 22.8. The number of carbonyl (C=O) groups is 2. The van der Waals surface area contributed by atoms with Gasteiger partial charge in [-0.25, -0.2) is 9.59 Å². The molecule has 0 saturated heterocycles. The van der Waals surface area contributed by atoms with Crippen LogP contribution >= 0.6 is 0 Å². The highest BCUT2D eigenvalue weighted by Crippen LogP contribution is 1.88. The molecule has 0 atom stereocenters. The van der Waals surface area contributed by atoms with Crippen LogP contribution in [0.25, 0.3) is 0 Å². The molecule has 0 radical (unpaired) electrons.